The van der Waals surface area contributed by atoms with Crippen molar-refractivity contribution in [2.75, 3.05) is 0 Å². The lowest BCUT2D eigenvalue weighted by Gasteiger charge is -1.93. The van der Waals surface area contributed by atoms with Crippen LogP contribution >= 0.6 is 0 Å². The molecule has 3 aromatic rings. The van der Waals surface area contributed by atoms with Crippen LogP contribution in [0.15, 0.2) is 71.5 Å². The molecule has 0 radical (unpaired) electrons. The molecule has 0 aliphatic carbocycles. The van der Waals surface area contributed by atoms with Gasteiger partial charge in [-0.3, -0.25) is 0 Å². The second kappa shape index (κ2) is 4.22. The Morgan fingerprint density at radius 3 is 2.18 bits per heavy atom. The van der Waals surface area contributed by atoms with E-state index < -0.39 is 0 Å². The minimum atomic E-state index is 0.733. The Hall–Kier alpha value is -2.42. The first-order valence-corrected chi connectivity index (χ1v) is 5.42. The third kappa shape index (κ3) is 1.83. The second-order valence-corrected chi connectivity index (χ2v) is 3.66. The van der Waals surface area contributed by atoms with Crippen molar-refractivity contribution >= 4 is 0 Å². The van der Waals surface area contributed by atoms with Gasteiger partial charge in [0.1, 0.15) is 0 Å². The Morgan fingerprint density at radius 1 is 0.824 bits per heavy atom. The number of rotatable bonds is 2. The third-order valence-electron chi connectivity index (χ3n) is 2.54. The molecule has 0 atom stereocenters. The van der Waals surface area contributed by atoms with Crippen LogP contribution in [0.3, 0.4) is 0 Å². The maximum atomic E-state index is 5.46. The molecule has 3 heteroatoms. The average Bonchev–Trinajstić information content (AvgIpc) is 2.90. The molecule has 82 valence electrons. The van der Waals surface area contributed by atoms with Crippen molar-refractivity contribution in [3.63, 3.8) is 0 Å². The van der Waals surface area contributed by atoms with E-state index in [-0.39, 0.29) is 0 Å². The van der Waals surface area contributed by atoms with Gasteiger partial charge in [0.15, 0.2) is 0 Å². The zero-order valence-corrected chi connectivity index (χ0v) is 9.15. The van der Waals surface area contributed by atoms with E-state index in [0.29, 0.717) is 0 Å². The summed E-state index contributed by atoms with van der Waals surface area (Å²) in [7, 11) is 0. The summed E-state index contributed by atoms with van der Waals surface area (Å²) in [6, 6.07) is 19.9. The van der Waals surface area contributed by atoms with Gasteiger partial charge < -0.3 is 4.42 Å². The lowest BCUT2D eigenvalue weighted by atomic mass is 10.2. The minimum Gasteiger partial charge on any atom is -0.384 e. The van der Waals surface area contributed by atoms with Gasteiger partial charge in [-0.1, -0.05) is 36.4 Å². The Balaban J connectivity index is 2.13. The van der Waals surface area contributed by atoms with Gasteiger partial charge in [0.2, 0.25) is 5.69 Å². The van der Waals surface area contributed by atoms with Crippen molar-refractivity contribution in [3.05, 3.63) is 67.1 Å². The molecule has 2 aromatic carbocycles. The lowest BCUT2D eigenvalue weighted by Crippen LogP contribution is -2.34. The molecule has 0 fully saturated rings. The van der Waals surface area contributed by atoms with E-state index >= 15 is 0 Å². The van der Waals surface area contributed by atoms with Gasteiger partial charge in [0.25, 0.3) is 6.39 Å². The van der Waals surface area contributed by atoms with Crippen molar-refractivity contribution in [3.8, 4) is 17.1 Å². The highest BCUT2D eigenvalue weighted by Gasteiger charge is 2.21. The molecule has 3 rings (SSSR count). The van der Waals surface area contributed by atoms with Crippen LogP contribution < -0.4 is 4.68 Å². The molecule has 1 aromatic heterocycles. The van der Waals surface area contributed by atoms with Crippen molar-refractivity contribution in [2.24, 2.45) is 0 Å². The number of para-hydroxylation sites is 1. The maximum absolute atomic E-state index is 5.46. The summed E-state index contributed by atoms with van der Waals surface area (Å²) in [5, 5.41) is 4.21. The smallest absolute Gasteiger partial charge is 0.384 e. The van der Waals surface area contributed by atoms with Crippen LogP contribution in [0.2, 0.25) is 0 Å². The largest absolute Gasteiger partial charge is 0.413 e. The monoisotopic (exact) mass is 223 g/mol. The molecule has 0 aliphatic heterocycles. The fourth-order valence-electron chi connectivity index (χ4n) is 1.75. The highest BCUT2D eigenvalue weighted by atomic mass is 16.4. The summed E-state index contributed by atoms with van der Waals surface area (Å²) in [4.78, 5) is 0. The number of nitrogens with zero attached hydrogens (tertiary/aromatic N) is 2. The van der Waals surface area contributed by atoms with E-state index in [2.05, 4.69) is 5.10 Å². The number of hydrogen-bond acceptors (Lipinski definition) is 2. The predicted molar refractivity (Wildman–Crippen MR) is 63.5 cm³/mol. The molecule has 0 saturated heterocycles. The van der Waals surface area contributed by atoms with Crippen molar-refractivity contribution in [1.82, 2.24) is 5.10 Å². The Morgan fingerprint density at radius 2 is 1.47 bits per heavy atom. The van der Waals surface area contributed by atoms with Crippen LogP contribution in [-0.2, 0) is 0 Å². The first kappa shape index (κ1) is 9.78. The molecule has 3 nitrogen and oxygen atoms in total. The Kier molecular flexibility index (Phi) is 2.43. The highest BCUT2D eigenvalue weighted by molar-refractivity contribution is 5.49. The van der Waals surface area contributed by atoms with E-state index in [1.54, 1.807) is 4.68 Å². The quantitative estimate of drug-likeness (QED) is 0.625. The normalized spacial score (nSPS) is 10.4. The van der Waals surface area contributed by atoms with Crippen molar-refractivity contribution in [1.29, 1.82) is 0 Å². The number of aromatic nitrogens is 2. The van der Waals surface area contributed by atoms with Gasteiger partial charge in [0.05, 0.1) is 5.56 Å². The standard InChI is InChI=1S/C14H11N2O/c1-3-7-12(8-4-1)14-16(15-11-17-14)13-9-5-2-6-10-13/h1-11H/q+1. The van der Waals surface area contributed by atoms with Crippen LogP contribution in [0.5, 0.6) is 0 Å². The molecule has 0 aliphatic rings. The molecule has 0 amide bonds. The van der Waals surface area contributed by atoms with Gasteiger partial charge in [-0.25, -0.2) is 0 Å². The fourth-order valence-corrected chi connectivity index (χ4v) is 1.75. The summed E-state index contributed by atoms with van der Waals surface area (Å²) in [5.74, 6) is 0.733. The molecule has 1 heterocycles. The summed E-state index contributed by atoms with van der Waals surface area (Å²) >= 11 is 0. The first-order valence-electron chi connectivity index (χ1n) is 5.42. The van der Waals surface area contributed by atoms with Gasteiger partial charge >= 0.3 is 5.89 Å². The second-order valence-electron chi connectivity index (χ2n) is 3.66. The van der Waals surface area contributed by atoms with Gasteiger partial charge in [-0.05, 0) is 16.8 Å². The topological polar surface area (TPSA) is 29.9 Å². The van der Waals surface area contributed by atoms with E-state index in [1.165, 1.54) is 6.39 Å². The van der Waals surface area contributed by atoms with Crippen LogP contribution in [-0.4, -0.2) is 5.10 Å². The fraction of sp³-hybridized carbons (Fsp3) is 0. The average molecular weight is 223 g/mol. The maximum Gasteiger partial charge on any atom is 0.413 e. The number of hydrogen-bond donors (Lipinski definition) is 0. The SMILES string of the molecule is c1ccc(-c2ocn[n+]2-c2ccccc2)cc1. The number of benzene rings is 2. The minimum absolute atomic E-state index is 0.733. The zero-order valence-electron chi connectivity index (χ0n) is 9.15. The molecular formula is C14H11N2O+. The van der Waals surface area contributed by atoms with Gasteiger partial charge in [0, 0.05) is 17.2 Å². The molecular weight excluding hydrogens is 212 g/mol. The van der Waals surface area contributed by atoms with Crippen molar-refractivity contribution < 1.29 is 9.10 Å². The summed E-state index contributed by atoms with van der Waals surface area (Å²) in [6.45, 7) is 0. The van der Waals surface area contributed by atoms with E-state index in [4.69, 9.17) is 4.42 Å². The first-order chi connectivity index (χ1) is 8.45. The summed E-state index contributed by atoms with van der Waals surface area (Å²) in [6.07, 6.45) is 1.45. The third-order valence-corrected chi connectivity index (χ3v) is 2.54. The summed E-state index contributed by atoms with van der Waals surface area (Å²) < 4.78 is 7.24. The molecule has 0 spiro atoms. The van der Waals surface area contributed by atoms with Gasteiger partial charge in [-0.2, -0.15) is 0 Å². The molecule has 17 heavy (non-hydrogen) atoms. The van der Waals surface area contributed by atoms with Gasteiger partial charge in [-0.15, -0.1) is 0 Å². The van der Waals surface area contributed by atoms with Crippen LogP contribution in [0.1, 0.15) is 0 Å². The van der Waals surface area contributed by atoms with Crippen molar-refractivity contribution in [2.45, 2.75) is 0 Å². The Labute approximate surface area is 99.0 Å². The summed E-state index contributed by atoms with van der Waals surface area (Å²) in [5.41, 5.74) is 1.99. The highest BCUT2D eigenvalue weighted by Crippen LogP contribution is 2.15. The Bertz CT molecular complexity index is 548. The molecule has 0 unspecified atom stereocenters. The predicted octanol–water partition coefficient (Wildman–Crippen LogP) is 2.62. The molecule has 0 N–H and O–H groups in total. The molecule has 0 saturated carbocycles. The van der Waals surface area contributed by atoms with E-state index in [0.717, 1.165) is 17.1 Å². The van der Waals surface area contributed by atoms with E-state index in [9.17, 15) is 0 Å². The van der Waals surface area contributed by atoms with E-state index in [1.807, 2.05) is 60.7 Å². The van der Waals surface area contributed by atoms with Crippen LogP contribution in [0, 0.1) is 0 Å². The van der Waals surface area contributed by atoms with Crippen LogP contribution in [0.25, 0.3) is 17.1 Å². The zero-order chi connectivity index (χ0) is 11.5. The lowest BCUT2D eigenvalue weighted by molar-refractivity contribution is -0.648. The molecule has 0 bridgehead atoms. The van der Waals surface area contributed by atoms with Crippen LogP contribution in [0.4, 0.5) is 0 Å².